The highest BCUT2D eigenvalue weighted by Crippen LogP contribution is 2.30. The van der Waals surface area contributed by atoms with Gasteiger partial charge < -0.3 is 9.50 Å². The minimum Gasteiger partial charge on any atom is -0.378 e. The molecule has 0 aliphatic rings. The number of carbonyl (C=O) groups excluding carboxylic acids is 1. The molecule has 0 aliphatic heterocycles. The second-order valence-corrected chi connectivity index (χ2v) is 9.38. The summed E-state index contributed by atoms with van der Waals surface area (Å²) in [4.78, 5) is 12.6. The fourth-order valence-electron chi connectivity index (χ4n) is 2.89. The van der Waals surface area contributed by atoms with Gasteiger partial charge in [-0.15, -0.1) is 0 Å². The van der Waals surface area contributed by atoms with Gasteiger partial charge in [0.05, 0.1) is 4.47 Å². The number of anilines is 1. The fourth-order valence-corrected chi connectivity index (χ4v) is 4.44. The molecular weight excluding hydrogens is 492 g/mol. The molecule has 3 rings (SSSR count). The normalized spacial score (nSPS) is 11.5. The zero-order chi connectivity index (χ0) is 23.3. The molecule has 3 aromatic rings. The molecule has 0 fully saturated rings. The number of nitrogens with zero attached hydrogens (tertiary/aromatic N) is 1. The van der Waals surface area contributed by atoms with Gasteiger partial charge in [0.1, 0.15) is 16.5 Å². The van der Waals surface area contributed by atoms with E-state index in [1.54, 1.807) is 36.4 Å². The smallest absolute Gasteiger partial charge is 0.339 e. The Morgan fingerprint density at radius 1 is 1.06 bits per heavy atom. The third-order valence-corrected chi connectivity index (χ3v) is 6.36. The molecule has 6 nitrogen and oxygen atoms in total. The molecule has 3 aromatic carbocycles. The van der Waals surface area contributed by atoms with Gasteiger partial charge in [-0.1, -0.05) is 42.0 Å². The summed E-state index contributed by atoms with van der Waals surface area (Å²) >= 11 is 3.29. The highest BCUT2D eigenvalue weighted by atomic mass is 79.9. The van der Waals surface area contributed by atoms with Crippen molar-refractivity contribution >= 4 is 43.7 Å². The average molecular weight is 511 g/mol. The summed E-state index contributed by atoms with van der Waals surface area (Å²) in [5.74, 6) is -0.452. The van der Waals surface area contributed by atoms with Crippen LogP contribution in [0.5, 0.6) is 5.75 Å². The van der Waals surface area contributed by atoms with Crippen LogP contribution in [0.2, 0.25) is 0 Å². The molecular formula is C24H19BrN2O4S. The molecule has 0 heterocycles. The SMILES string of the molecule is Cc1ccc(NC(=O)/C(C#N)=C/c2ccc(OS(=O)(=O)c3ccccc3)c(Br)c2)c(C)c1. The number of amides is 1. The Morgan fingerprint density at radius 3 is 2.41 bits per heavy atom. The van der Waals surface area contributed by atoms with Crippen molar-refractivity contribution in [3.63, 3.8) is 0 Å². The second-order valence-electron chi connectivity index (χ2n) is 6.98. The molecule has 0 saturated heterocycles. The maximum Gasteiger partial charge on any atom is 0.339 e. The lowest BCUT2D eigenvalue weighted by Crippen LogP contribution is -2.14. The van der Waals surface area contributed by atoms with Gasteiger partial charge >= 0.3 is 10.1 Å². The van der Waals surface area contributed by atoms with E-state index in [1.807, 2.05) is 32.0 Å². The van der Waals surface area contributed by atoms with Crippen LogP contribution in [-0.2, 0) is 14.9 Å². The number of nitriles is 1. The first-order valence-electron chi connectivity index (χ1n) is 9.49. The molecule has 1 amide bonds. The Labute approximate surface area is 195 Å². The molecule has 0 atom stereocenters. The zero-order valence-corrected chi connectivity index (χ0v) is 19.7. The number of hydrogen-bond acceptors (Lipinski definition) is 5. The highest BCUT2D eigenvalue weighted by Gasteiger charge is 2.18. The Bertz CT molecular complexity index is 1340. The summed E-state index contributed by atoms with van der Waals surface area (Å²) < 4.78 is 30.4. The van der Waals surface area contributed by atoms with Gasteiger partial charge in [0.25, 0.3) is 5.91 Å². The molecule has 0 bridgehead atoms. The minimum atomic E-state index is -3.99. The predicted molar refractivity (Wildman–Crippen MR) is 127 cm³/mol. The van der Waals surface area contributed by atoms with Gasteiger partial charge in [0, 0.05) is 5.69 Å². The summed E-state index contributed by atoms with van der Waals surface area (Å²) in [5, 5.41) is 12.2. The molecule has 0 saturated carbocycles. The van der Waals surface area contributed by atoms with Crippen molar-refractivity contribution in [1.29, 1.82) is 5.26 Å². The first kappa shape index (κ1) is 23.3. The van der Waals surface area contributed by atoms with Gasteiger partial charge in [0.2, 0.25) is 0 Å². The van der Waals surface area contributed by atoms with Crippen molar-refractivity contribution in [3.8, 4) is 11.8 Å². The van der Waals surface area contributed by atoms with Crippen LogP contribution in [0.1, 0.15) is 16.7 Å². The van der Waals surface area contributed by atoms with E-state index in [0.29, 0.717) is 15.7 Å². The highest BCUT2D eigenvalue weighted by molar-refractivity contribution is 9.10. The van der Waals surface area contributed by atoms with E-state index in [2.05, 4.69) is 21.2 Å². The summed E-state index contributed by atoms with van der Waals surface area (Å²) in [6.45, 7) is 3.83. The number of hydrogen-bond donors (Lipinski definition) is 1. The maximum atomic E-state index is 12.6. The topological polar surface area (TPSA) is 96.3 Å². The number of aryl methyl sites for hydroxylation is 2. The van der Waals surface area contributed by atoms with Gasteiger partial charge in [-0.25, -0.2) is 0 Å². The predicted octanol–water partition coefficient (Wildman–Crippen LogP) is 5.38. The van der Waals surface area contributed by atoms with Gasteiger partial charge in [-0.2, -0.15) is 13.7 Å². The maximum absolute atomic E-state index is 12.6. The molecule has 1 N–H and O–H groups in total. The number of rotatable bonds is 6. The first-order valence-corrected chi connectivity index (χ1v) is 11.7. The van der Waals surface area contributed by atoms with Crippen molar-refractivity contribution in [1.82, 2.24) is 0 Å². The Balaban J connectivity index is 1.81. The molecule has 162 valence electrons. The van der Waals surface area contributed by atoms with Crippen LogP contribution >= 0.6 is 15.9 Å². The number of halogens is 1. The monoisotopic (exact) mass is 510 g/mol. The Hall–Kier alpha value is -3.41. The van der Waals surface area contributed by atoms with Crippen LogP contribution in [0.4, 0.5) is 5.69 Å². The van der Waals surface area contributed by atoms with Gasteiger partial charge in [0.15, 0.2) is 5.75 Å². The van der Waals surface area contributed by atoms with Crippen LogP contribution in [0.3, 0.4) is 0 Å². The number of nitrogens with one attached hydrogen (secondary N) is 1. The van der Waals surface area contributed by atoms with E-state index in [-0.39, 0.29) is 16.2 Å². The van der Waals surface area contributed by atoms with E-state index in [9.17, 15) is 18.5 Å². The molecule has 0 radical (unpaired) electrons. The number of carbonyl (C=O) groups is 1. The van der Waals surface area contributed by atoms with Crippen LogP contribution in [0.25, 0.3) is 6.08 Å². The third-order valence-electron chi connectivity index (χ3n) is 4.49. The summed E-state index contributed by atoms with van der Waals surface area (Å²) in [6.07, 6.45) is 1.42. The molecule has 0 unspecified atom stereocenters. The molecule has 0 spiro atoms. The molecule has 32 heavy (non-hydrogen) atoms. The standard InChI is InChI=1S/C24H19BrN2O4S/c1-16-8-10-22(17(2)12-16)27-24(28)19(15-26)13-18-9-11-23(21(25)14-18)31-32(29,30)20-6-4-3-5-7-20/h3-14H,1-2H3,(H,27,28)/b19-13+. The second kappa shape index (κ2) is 9.81. The van der Waals surface area contributed by atoms with E-state index < -0.39 is 16.0 Å². The van der Waals surface area contributed by atoms with Crippen LogP contribution in [0.15, 0.2) is 81.7 Å². The van der Waals surface area contributed by atoms with Crippen molar-refractivity contribution in [2.24, 2.45) is 0 Å². The molecule has 0 aromatic heterocycles. The summed E-state index contributed by atoms with van der Waals surface area (Å²) in [5.41, 5.74) is 3.01. The third kappa shape index (κ3) is 5.63. The van der Waals surface area contributed by atoms with E-state index in [0.717, 1.165) is 11.1 Å². The number of benzene rings is 3. The Morgan fingerprint density at radius 2 is 1.78 bits per heavy atom. The van der Waals surface area contributed by atoms with Crippen LogP contribution < -0.4 is 9.50 Å². The minimum absolute atomic E-state index is 0.0331. The van der Waals surface area contributed by atoms with E-state index in [1.165, 1.54) is 24.3 Å². The lowest BCUT2D eigenvalue weighted by molar-refractivity contribution is -0.112. The molecule has 8 heteroatoms. The van der Waals surface area contributed by atoms with Gasteiger partial charge in [-0.05, 0) is 77.3 Å². The van der Waals surface area contributed by atoms with Gasteiger partial charge in [-0.3, -0.25) is 4.79 Å². The van der Waals surface area contributed by atoms with Crippen LogP contribution in [-0.4, -0.2) is 14.3 Å². The lowest BCUT2D eigenvalue weighted by atomic mass is 10.1. The average Bonchev–Trinajstić information content (AvgIpc) is 2.76. The summed E-state index contributed by atoms with van der Waals surface area (Å²) in [6, 6.07) is 19.9. The summed E-state index contributed by atoms with van der Waals surface area (Å²) in [7, 11) is -3.99. The zero-order valence-electron chi connectivity index (χ0n) is 17.3. The van der Waals surface area contributed by atoms with Crippen LogP contribution in [0, 0.1) is 25.2 Å². The fraction of sp³-hybridized carbons (Fsp3) is 0.0833. The van der Waals surface area contributed by atoms with Crippen molar-refractivity contribution in [2.75, 3.05) is 5.32 Å². The van der Waals surface area contributed by atoms with Crippen molar-refractivity contribution in [2.45, 2.75) is 18.7 Å². The van der Waals surface area contributed by atoms with Crippen molar-refractivity contribution < 1.29 is 17.4 Å². The quantitative estimate of drug-likeness (QED) is 0.272. The van der Waals surface area contributed by atoms with E-state index >= 15 is 0 Å². The Kier molecular flexibility index (Phi) is 7.13. The molecule has 0 aliphatic carbocycles. The van der Waals surface area contributed by atoms with E-state index in [4.69, 9.17) is 4.18 Å². The lowest BCUT2D eigenvalue weighted by Gasteiger charge is -2.10. The largest absolute Gasteiger partial charge is 0.378 e. The first-order chi connectivity index (χ1) is 15.2. The van der Waals surface area contributed by atoms with Crippen molar-refractivity contribution in [3.05, 3.63) is 93.5 Å².